The topological polar surface area (TPSA) is 42.7 Å². The molecule has 0 saturated heterocycles. The molecule has 2 aromatic heterocycles. The molecule has 2 rings (SSSR count). The summed E-state index contributed by atoms with van der Waals surface area (Å²) >= 11 is 5.85. The van der Waals surface area contributed by atoms with Crippen LogP contribution in [-0.4, -0.2) is 21.3 Å². The largest absolute Gasteiger partial charge is 0.304 e. The summed E-state index contributed by atoms with van der Waals surface area (Å²) in [5, 5.41) is 8.23. The van der Waals surface area contributed by atoms with E-state index in [1.807, 2.05) is 29.9 Å². The summed E-state index contributed by atoms with van der Waals surface area (Å²) in [5.74, 6) is 0. The number of aryl methyl sites for hydroxylation is 1. The van der Waals surface area contributed by atoms with Crippen molar-refractivity contribution in [1.82, 2.24) is 20.1 Å². The zero-order valence-electron chi connectivity index (χ0n) is 9.89. The number of nitrogens with one attached hydrogen (secondary N) is 1. The Labute approximate surface area is 106 Å². The normalized spacial score (nSPS) is 12.6. The van der Waals surface area contributed by atoms with Crippen LogP contribution in [0.1, 0.15) is 24.4 Å². The third-order valence-corrected chi connectivity index (χ3v) is 2.83. The molecule has 0 aliphatic heterocycles. The molecule has 4 nitrogen and oxygen atoms in total. The highest BCUT2D eigenvalue weighted by Crippen LogP contribution is 2.20. The van der Waals surface area contributed by atoms with E-state index < -0.39 is 0 Å². The zero-order valence-corrected chi connectivity index (χ0v) is 10.6. The minimum absolute atomic E-state index is 0.0461. The van der Waals surface area contributed by atoms with Gasteiger partial charge in [0.1, 0.15) is 0 Å². The van der Waals surface area contributed by atoms with Gasteiger partial charge in [-0.25, -0.2) is 0 Å². The highest BCUT2D eigenvalue weighted by Gasteiger charge is 2.17. The van der Waals surface area contributed by atoms with Gasteiger partial charge in [0.25, 0.3) is 0 Å². The molecule has 17 heavy (non-hydrogen) atoms. The standard InChI is InChI=1S/C12H15ClN4/c1-3-14-12(11-6-7-16-17(11)2)10-5-4-9(13)8-15-10/h4-8,12,14H,3H2,1-2H3. The van der Waals surface area contributed by atoms with E-state index in [1.54, 1.807) is 12.4 Å². The first-order chi connectivity index (χ1) is 8.22. The molecule has 2 heterocycles. The molecule has 0 fully saturated rings. The smallest absolute Gasteiger partial charge is 0.0921 e. The lowest BCUT2D eigenvalue weighted by Crippen LogP contribution is -2.25. The fourth-order valence-electron chi connectivity index (χ4n) is 1.79. The van der Waals surface area contributed by atoms with Crippen molar-refractivity contribution in [3.05, 3.63) is 47.0 Å². The lowest BCUT2D eigenvalue weighted by Gasteiger charge is -2.17. The fourth-order valence-corrected chi connectivity index (χ4v) is 1.90. The van der Waals surface area contributed by atoms with Crippen LogP contribution in [0.15, 0.2) is 30.6 Å². The third-order valence-electron chi connectivity index (χ3n) is 2.61. The SMILES string of the molecule is CCNC(c1ccc(Cl)cn1)c1ccnn1C. The molecular weight excluding hydrogens is 236 g/mol. The van der Waals surface area contributed by atoms with Crippen LogP contribution < -0.4 is 5.32 Å². The number of pyridine rings is 1. The summed E-state index contributed by atoms with van der Waals surface area (Å²) in [7, 11) is 1.93. The number of aromatic nitrogens is 3. The van der Waals surface area contributed by atoms with Crippen LogP contribution in [-0.2, 0) is 7.05 Å². The number of nitrogens with zero attached hydrogens (tertiary/aromatic N) is 3. The highest BCUT2D eigenvalue weighted by atomic mass is 35.5. The summed E-state index contributed by atoms with van der Waals surface area (Å²) in [6, 6.07) is 5.82. The zero-order chi connectivity index (χ0) is 12.3. The van der Waals surface area contributed by atoms with Crippen molar-refractivity contribution in [2.24, 2.45) is 7.05 Å². The van der Waals surface area contributed by atoms with Gasteiger partial charge in [0.05, 0.1) is 22.5 Å². The van der Waals surface area contributed by atoms with Gasteiger partial charge in [-0.2, -0.15) is 5.10 Å². The maximum absolute atomic E-state index is 5.85. The Morgan fingerprint density at radius 3 is 2.76 bits per heavy atom. The molecular formula is C12H15ClN4. The molecule has 0 aliphatic rings. The summed E-state index contributed by atoms with van der Waals surface area (Å²) in [4.78, 5) is 4.36. The summed E-state index contributed by atoms with van der Waals surface area (Å²) in [5.41, 5.74) is 2.03. The molecule has 1 N–H and O–H groups in total. The average molecular weight is 251 g/mol. The number of halogens is 1. The minimum atomic E-state index is 0.0461. The minimum Gasteiger partial charge on any atom is -0.304 e. The molecule has 5 heteroatoms. The molecule has 1 unspecified atom stereocenters. The average Bonchev–Trinajstić information content (AvgIpc) is 2.74. The van der Waals surface area contributed by atoms with Crippen molar-refractivity contribution in [3.8, 4) is 0 Å². The van der Waals surface area contributed by atoms with Gasteiger partial charge in [0, 0.05) is 19.4 Å². The lowest BCUT2D eigenvalue weighted by molar-refractivity contribution is 0.562. The van der Waals surface area contributed by atoms with Gasteiger partial charge in [-0.15, -0.1) is 0 Å². The second-order valence-corrected chi connectivity index (χ2v) is 4.21. The third kappa shape index (κ3) is 2.65. The Hall–Kier alpha value is -1.39. The van der Waals surface area contributed by atoms with Crippen molar-refractivity contribution in [1.29, 1.82) is 0 Å². The van der Waals surface area contributed by atoms with E-state index in [0.717, 1.165) is 17.9 Å². The predicted molar refractivity (Wildman–Crippen MR) is 68.0 cm³/mol. The Balaban J connectivity index is 2.35. The van der Waals surface area contributed by atoms with Crippen LogP contribution in [0.4, 0.5) is 0 Å². The summed E-state index contributed by atoms with van der Waals surface area (Å²) in [6.07, 6.45) is 3.45. The van der Waals surface area contributed by atoms with E-state index in [2.05, 4.69) is 22.3 Å². The van der Waals surface area contributed by atoms with Gasteiger partial charge >= 0.3 is 0 Å². The molecule has 0 aromatic carbocycles. The first-order valence-electron chi connectivity index (χ1n) is 5.55. The van der Waals surface area contributed by atoms with Crippen molar-refractivity contribution in [3.63, 3.8) is 0 Å². The van der Waals surface area contributed by atoms with Gasteiger partial charge in [-0.3, -0.25) is 9.67 Å². The first-order valence-corrected chi connectivity index (χ1v) is 5.93. The number of hydrogen-bond acceptors (Lipinski definition) is 3. The Morgan fingerprint density at radius 2 is 2.24 bits per heavy atom. The molecule has 0 bridgehead atoms. The van der Waals surface area contributed by atoms with Crippen molar-refractivity contribution in [2.45, 2.75) is 13.0 Å². The number of rotatable bonds is 4. The van der Waals surface area contributed by atoms with Crippen molar-refractivity contribution in [2.75, 3.05) is 6.54 Å². The lowest BCUT2D eigenvalue weighted by atomic mass is 10.1. The van der Waals surface area contributed by atoms with Gasteiger partial charge in [0.15, 0.2) is 0 Å². The molecule has 0 aliphatic carbocycles. The van der Waals surface area contributed by atoms with E-state index in [4.69, 9.17) is 11.6 Å². The first kappa shape index (κ1) is 12.1. The quantitative estimate of drug-likeness (QED) is 0.904. The second-order valence-electron chi connectivity index (χ2n) is 3.77. The van der Waals surface area contributed by atoms with Gasteiger partial charge in [-0.1, -0.05) is 18.5 Å². The van der Waals surface area contributed by atoms with Crippen LogP contribution in [0.2, 0.25) is 5.02 Å². The van der Waals surface area contributed by atoms with Gasteiger partial charge in [-0.05, 0) is 24.7 Å². The second kappa shape index (κ2) is 5.29. The Morgan fingerprint density at radius 1 is 1.41 bits per heavy atom. The van der Waals surface area contributed by atoms with Gasteiger partial charge < -0.3 is 5.32 Å². The van der Waals surface area contributed by atoms with Crippen molar-refractivity contribution < 1.29 is 0 Å². The molecule has 0 amide bonds. The monoisotopic (exact) mass is 250 g/mol. The van der Waals surface area contributed by atoms with E-state index in [9.17, 15) is 0 Å². The Kier molecular flexibility index (Phi) is 3.76. The molecule has 1 atom stereocenters. The van der Waals surface area contributed by atoms with Gasteiger partial charge in [0.2, 0.25) is 0 Å². The summed E-state index contributed by atoms with van der Waals surface area (Å²) in [6.45, 7) is 2.93. The van der Waals surface area contributed by atoms with Crippen LogP contribution >= 0.6 is 11.6 Å². The van der Waals surface area contributed by atoms with E-state index in [0.29, 0.717) is 5.02 Å². The molecule has 0 spiro atoms. The predicted octanol–water partition coefficient (Wildman–Crippen LogP) is 2.17. The van der Waals surface area contributed by atoms with Crippen LogP contribution in [0.5, 0.6) is 0 Å². The fraction of sp³-hybridized carbons (Fsp3) is 0.333. The number of hydrogen-bond donors (Lipinski definition) is 1. The van der Waals surface area contributed by atoms with Crippen molar-refractivity contribution >= 4 is 11.6 Å². The maximum Gasteiger partial charge on any atom is 0.0921 e. The van der Waals surface area contributed by atoms with Crippen LogP contribution in [0.25, 0.3) is 0 Å². The Bertz CT molecular complexity index is 478. The van der Waals surface area contributed by atoms with E-state index in [1.165, 1.54) is 0 Å². The highest BCUT2D eigenvalue weighted by molar-refractivity contribution is 6.30. The van der Waals surface area contributed by atoms with E-state index in [-0.39, 0.29) is 6.04 Å². The molecule has 2 aromatic rings. The van der Waals surface area contributed by atoms with Crippen LogP contribution in [0, 0.1) is 0 Å². The molecule has 0 saturated carbocycles. The van der Waals surface area contributed by atoms with Crippen LogP contribution in [0.3, 0.4) is 0 Å². The summed E-state index contributed by atoms with van der Waals surface area (Å²) < 4.78 is 1.85. The molecule has 90 valence electrons. The maximum atomic E-state index is 5.85. The van der Waals surface area contributed by atoms with E-state index >= 15 is 0 Å². The molecule has 0 radical (unpaired) electrons.